The summed E-state index contributed by atoms with van der Waals surface area (Å²) in [4.78, 5) is 1.38. The quantitative estimate of drug-likeness (QED) is 0.385. The molecule has 3 aromatic rings. The van der Waals surface area contributed by atoms with Gasteiger partial charge in [-0.05, 0) is 60.6 Å². The number of halogens is 1. The topological polar surface area (TPSA) is 37.4 Å². The lowest BCUT2D eigenvalue weighted by Crippen LogP contribution is -2.32. The average molecular weight is 446 g/mol. The van der Waals surface area contributed by atoms with Crippen LogP contribution in [0.15, 0.2) is 88.7 Å². The van der Waals surface area contributed by atoms with Crippen LogP contribution in [0, 0.1) is 0 Å². The molecule has 0 aliphatic rings. The Kier molecular flexibility index (Phi) is 7.78. The van der Waals surface area contributed by atoms with Crippen molar-refractivity contribution >= 4 is 33.4 Å². The van der Waals surface area contributed by atoms with Crippen LogP contribution >= 0.6 is 23.4 Å². The summed E-state index contributed by atoms with van der Waals surface area (Å²) in [5.74, 6) is 0. The van der Waals surface area contributed by atoms with Crippen LogP contribution in [-0.4, -0.2) is 25.5 Å². The van der Waals surface area contributed by atoms with Gasteiger partial charge in [-0.15, -0.1) is 11.8 Å². The summed E-state index contributed by atoms with van der Waals surface area (Å²) in [6.07, 6.45) is 3.59. The fraction of sp³-hybridized carbons (Fsp3) is 0.217. The average Bonchev–Trinajstić information content (AvgIpc) is 2.74. The van der Waals surface area contributed by atoms with Gasteiger partial charge in [0.15, 0.2) is 0 Å². The highest BCUT2D eigenvalue weighted by Crippen LogP contribution is 2.23. The molecule has 0 amide bonds. The van der Waals surface area contributed by atoms with Crippen LogP contribution in [0.25, 0.3) is 0 Å². The molecule has 0 heterocycles. The molecule has 0 fully saturated rings. The largest absolute Gasteiger partial charge is 0.243 e. The minimum Gasteiger partial charge on any atom is -0.207 e. The first-order valence-electron chi connectivity index (χ1n) is 9.41. The van der Waals surface area contributed by atoms with Crippen LogP contribution in [0.5, 0.6) is 0 Å². The highest BCUT2D eigenvalue weighted by atomic mass is 35.5. The van der Waals surface area contributed by atoms with Crippen LogP contribution < -0.4 is 0 Å². The van der Waals surface area contributed by atoms with E-state index < -0.39 is 10.0 Å². The molecule has 0 spiro atoms. The predicted molar refractivity (Wildman–Crippen MR) is 122 cm³/mol. The molecule has 0 N–H and O–H groups in total. The molecule has 0 atom stereocenters. The second-order valence-corrected chi connectivity index (χ2v) is 9.99. The van der Waals surface area contributed by atoms with Crippen molar-refractivity contribution in [1.82, 2.24) is 4.31 Å². The highest BCUT2D eigenvalue weighted by molar-refractivity contribution is 7.98. The van der Waals surface area contributed by atoms with Crippen molar-refractivity contribution < 1.29 is 8.42 Å². The van der Waals surface area contributed by atoms with Crippen LogP contribution in [0.4, 0.5) is 0 Å². The number of hydrogen-bond acceptors (Lipinski definition) is 3. The summed E-state index contributed by atoms with van der Waals surface area (Å²) in [6.45, 7) is 0.770. The second kappa shape index (κ2) is 10.3. The number of thioether (sulfide) groups is 1. The summed E-state index contributed by atoms with van der Waals surface area (Å²) >= 11 is 7.71. The third-order valence-electron chi connectivity index (χ3n) is 4.67. The monoisotopic (exact) mass is 445 g/mol. The van der Waals surface area contributed by atoms with Crippen molar-refractivity contribution in [3.63, 3.8) is 0 Å². The lowest BCUT2D eigenvalue weighted by Gasteiger charge is -2.23. The van der Waals surface area contributed by atoms with Crippen LogP contribution in [0.1, 0.15) is 17.5 Å². The Labute approximate surface area is 182 Å². The van der Waals surface area contributed by atoms with Gasteiger partial charge >= 0.3 is 0 Å². The number of sulfonamides is 1. The third-order valence-corrected chi connectivity index (χ3v) is 7.49. The van der Waals surface area contributed by atoms with E-state index in [0.29, 0.717) is 18.1 Å². The Morgan fingerprint density at radius 1 is 0.897 bits per heavy atom. The molecule has 29 heavy (non-hydrogen) atoms. The van der Waals surface area contributed by atoms with Crippen LogP contribution in [0.2, 0.25) is 5.02 Å². The van der Waals surface area contributed by atoms with Gasteiger partial charge in [0, 0.05) is 23.0 Å². The van der Waals surface area contributed by atoms with Crippen LogP contribution in [-0.2, 0) is 23.0 Å². The summed E-state index contributed by atoms with van der Waals surface area (Å²) in [5.41, 5.74) is 2.17. The van der Waals surface area contributed by atoms with Gasteiger partial charge in [0.1, 0.15) is 0 Å². The highest BCUT2D eigenvalue weighted by Gasteiger charge is 2.24. The summed E-state index contributed by atoms with van der Waals surface area (Å²) in [7, 11) is -3.65. The molecule has 0 aromatic heterocycles. The fourth-order valence-corrected chi connectivity index (χ4v) is 5.28. The molecule has 0 aliphatic carbocycles. The maximum atomic E-state index is 13.3. The second-order valence-electron chi connectivity index (χ2n) is 6.73. The van der Waals surface area contributed by atoms with Crippen molar-refractivity contribution in [1.29, 1.82) is 0 Å². The van der Waals surface area contributed by atoms with Crippen molar-refractivity contribution in [2.45, 2.75) is 29.2 Å². The molecule has 0 unspecified atom stereocenters. The normalized spacial score (nSPS) is 11.7. The Morgan fingerprint density at radius 3 is 2.28 bits per heavy atom. The van der Waals surface area contributed by atoms with Crippen LogP contribution in [0.3, 0.4) is 0 Å². The van der Waals surface area contributed by atoms with E-state index in [1.54, 1.807) is 34.3 Å². The lowest BCUT2D eigenvalue weighted by molar-refractivity contribution is 0.399. The lowest BCUT2D eigenvalue weighted by atomic mass is 10.1. The minimum absolute atomic E-state index is 0.227. The first kappa shape index (κ1) is 21.9. The molecule has 0 saturated heterocycles. The van der Waals surface area contributed by atoms with E-state index in [4.69, 9.17) is 11.6 Å². The van der Waals surface area contributed by atoms with E-state index >= 15 is 0 Å². The summed E-state index contributed by atoms with van der Waals surface area (Å²) in [5, 5.41) is 0.416. The molecule has 152 valence electrons. The van der Waals surface area contributed by atoms with Gasteiger partial charge in [0.2, 0.25) is 10.0 Å². The number of benzene rings is 3. The number of hydrogen-bond donors (Lipinski definition) is 0. The first-order chi connectivity index (χ1) is 14.0. The molecule has 6 heteroatoms. The van der Waals surface area contributed by atoms with Crippen molar-refractivity contribution in [2.75, 3.05) is 12.8 Å². The summed E-state index contributed by atoms with van der Waals surface area (Å²) < 4.78 is 28.2. The van der Waals surface area contributed by atoms with Crippen molar-refractivity contribution in [2.24, 2.45) is 0 Å². The molecule has 0 aliphatic heterocycles. The van der Waals surface area contributed by atoms with E-state index in [1.165, 1.54) is 11.6 Å². The molecule has 0 radical (unpaired) electrons. The van der Waals surface area contributed by atoms with E-state index in [2.05, 4.69) is 12.1 Å². The predicted octanol–water partition coefficient (Wildman–Crippen LogP) is 5.89. The third kappa shape index (κ3) is 6.09. The van der Waals surface area contributed by atoms with E-state index in [1.807, 2.05) is 48.7 Å². The van der Waals surface area contributed by atoms with E-state index in [0.717, 1.165) is 23.3 Å². The van der Waals surface area contributed by atoms with E-state index in [9.17, 15) is 8.42 Å². The Morgan fingerprint density at radius 2 is 1.62 bits per heavy atom. The zero-order valence-electron chi connectivity index (χ0n) is 16.3. The fourth-order valence-electron chi connectivity index (χ4n) is 3.10. The van der Waals surface area contributed by atoms with Gasteiger partial charge in [0.05, 0.1) is 4.90 Å². The molecule has 3 rings (SSSR count). The summed E-state index contributed by atoms with van der Waals surface area (Å²) in [6, 6.07) is 24.6. The Hall–Kier alpha value is -1.79. The van der Waals surface area contributed by atoms with Gasteiger partial charge in [0.25, 0.3) is 0 Å². The van der Waals surface area contributed by atoms with Crippen molar-refractivity contribution in [3.05, 3.63) is 95.0 Å². The Balaban J connectivity index is 1.81. The molecule has 0 bridgehead atoms. The molecule has 0 saturated carbocycles. The SMILES string of the molecule is CSc1ccc(CN(CCCc2ccccc2)S(=O)(=O)c2cccc(Cl)c2)cc1. The maximum absolute atomic E-state index is 13.3. The van der Waals surface area contributed by atoms with Gasteiger partial charge in [-0.1, -0.05) is 60.1 Å². The first-order valence-corrected chi connectivity index (χ1v) is 12.5. The van der Waals surface area contributed by atoms with Gasteiger partial charge in [-0.25, -0.2) is 8.42 Å². The number of nitrogens with zero attached hydrogens (tertiary/aromatic N) is 1. The van der Waals surface area contributed by atoms with E-state index in [-0.39, 0.29) is 4.90 Å². The molecular formula is C23H24ClNO2S2. The smallest absolute Gasteiger partial charge is 0.207 e. The number of rotatable bonds is 9. The zero-order valence-corrected chi connectivity index (χ0v) is 18.7. The standard InChI is InChI=1S/C23H24ClNO2S2/c1-28-22-14-12-20(13-15-22)18-25(16-6-9-19-7-3-2-4-8-19)29(26,27)23-11-5-10-21(24)17-23/h2-5,7-8,10-15,17H,6,9,16,18H2,1H3. The maximum Gasteiger partial charge on any atom is 0.243 e. The molecule has 3 nitrogen and oxygen atoms in total. The zero-order chi connectivity index (χ0) is 20.7. The van der Waals surface area contributed by atoms with Crippen molar-refractivity contribution in [3.8, 4) is 0 Å². The molecule has 3 aromatic carbocycles. The molecular weight excluding hydrogens is 422 g/mol. The van der Waals surface area contributed by atoms with Gasteiger partial charge in [-0.3, -0.25) is 0 Å². The number of aryl methyl sites for hydroxylation is 1. The van der Waals surface area contributed by atoms with Gasteiger partial charge in [-0.2, -0.15) is 4.31 Å². The van der Waals surface area contributed by atoms with Gasteiger partial charge < -0.3 is 0 Å². The minimum atomic E-state index is -3.65. The Bertz CT molecular complexity index is 1020.